The number of rotatable bonds is 10. The Hall–Kier alpha value is -2.55. The van der Waals surface area contributed by atoms with Gasteiger partial charge in [-0.2, -0.15) is 8.78 Å². The second-order valence-electron chi connectivity index (χ2n) is 6.04. The normalized spacial score (nSPS) is 12.6. The fourth-order valence-electron chi connectivity index (χ4n) is 2.40. The van der Waals surface area contributed by atoms with Crippen molar-refractivity contribution in [2.75, 3.05) is 6.61 Å². The van der Waals surface area contributed by atoms with E-state index in [0.29, 0.717) is 0 Å². The summed E-state index contributed by atoms with van der Waals surface area (Å²) < 4.78 is 33.6. The third-order valence-corrected chi connectivity index (χ3v) is 3.85. The van der Waals surface area contributed by atoms with Crippen LogP contribution in [0, 0.1) is 0 Å². The highest BCUT2D eigenvalue weighted by Gasteiger charge is 2.26. The highest BCUT2D eigenvalue weighted by atomic mass is 35.5. The van der Waals surface area contributed by atoms with Crippen molar-refractivity contribution in [3.63, 3.8) is 0 Å². The molecule has 3 N–H and O–H groups in total. The van der Waals surface area contributed by atoms with Gasteiger partial charge in [-0.3, -0.25) is 4.79 Å². The molecular formula is C20H23ClF2N2O4. The Morgan fingerprint density at radius 3 is 2.07 bits per heavy atom. The lowest BCUT2D eigenvalue weighted by Gasteiger charge is -2.20. The molecule has 0 radical (unpaired) electrons. The number of hydrogen-bond acceptors (Lipinski definition) is 5. The average Bonchev–Trinajstić information content (AvgIpc) is 2.71. The maximum Gasteiger partial charge on any atom is 0.345 e. The van der Waals surface area contributed by atoms with Crippen LogP contribution in [0.15, 0.2) is 60.7 Å². The number of hydrogen-bond donors (Lipinski definition) is 2. The van der Waals surface area contributed by atoms with Gasteiger partial charge in [0.25, 0.3) is 0 Å². The predicted octanol–water partition coefficient (Wildman–Crippen LogP) is 2.45. The standard InChI is InChI=1S/C20H22F2N2O4.ClH/c21-20(22)28-13-16(23)18(25)24-17(11-14-7-3-1-4-8-14)19(26)27-12-15-9-5-2-6-10-15;/h1-10,16-17,20H,11-13,23H2,(H,24,25);1H/t16-,17-;/m0./s1. The van der Waals surface area contributed by atoms with Gasteiger partial charge < -0.3 is 20.5 Å². The van der Waals surface area contributed by atoms with E-state index in [-0.39, 0.29) is 25.4 Å². The van der Waals surface area contributed by atoms with Crippen LogP contribution in [-0.4, -0.2) is 37.2 Å². The van der Waals surface area contributed by atoms with E-state index in [1.807, 2.05) is 24.3 Å². The summed E-state index contributed by atoms with van der Waals surface area (Å²) in [7, 11) is 0. The van der Waals surface area contributed by atoms with Gasteiger partial charge in [0.05, 0.1) is 6.61 Å². The molecule has 1 amide bonds. The molecule has 158 valence electrons. The molecular weight excluding hydrogens is 406 g/mol. The van der Waals surface area contributed by atoms with E-state index in [4.69, 9.17) is 10.5 Å². The van der Waals surface area contributed by atoms with Gasteiger partial charge in [0, 0.05) is 6.42 Å². The number of halogens is 3. The van der Waals surface area contributed by atoms with Crippen molar-refractivity contribution in [1.29, 1.82) is 0 Å². The summed E-state index contributed by atoms with van der Waals surface area (Å²) in [6, 6.07) is 15.7. The Bertz CT molecular complexity index is 751. The number of amides is 1. The van der Waals surface area contributed by atoms with E-state index in [1.54, 1.807) is 36.4 Å². The zero-order valence-corrected chi connectivity index (χ0v) is 16.3. The number of esters is 1. The monoisotopic (exact) mass is 428 g/mol. The smallest absolute Gasteiger partial charge is 0.345 e. The quantitative estimate of drug-likeness (QED) is 0.567. The summed E-state index contributed by atoms with van der Waals surface area (Å²) in [5.74, 6) is -1.43. The molecule has 0 saturated carbocycles. The van der Waals surface area contributed by atoms with Crippen molar-refractivity contribution in [3.8, 4) is 0 Å². The molecule has 0 saturated heterocycles. The lowest BCUT2D eigenvalue weighted by Crippen LogP contribution is -2.51. The molecule has 0 aliphatic heterocycles. The summed E-state index contributed by atoms with van der Waals surface area (Å²) in [6.45, 7) is -3.66. The van der Waals surface area contributed by atoms with Gasteiger partial charge in [-0.25, -0.2) is 4.79 Å². The number of carbonyl (C=O) groups excluding carboxylic acids is 2. The molecule has 2 aromatic rings. The largest absolute Gasteiger partial charge is 0.459 e. The molecule has 29 heavy (non-hydrogen) atoms. The highest BCUT2D eigenvalue weighted by Crippen LogP contribution is 2.08. The molecule has 0 bridgehead atoms. The Labute approximate surface area is 173 Å². The number of ether oxygens (including phenoxy) is 2. The molecule has 0 heterocycles. The van der Waals surface area contributed by atoms with Gasteiger partial charge in [-0.1, -0.05) is 60.7 Å². The SMILES string of the molecule is Cl.N[C@@H](COC(F)F)C(=O)N[C@@H](Cc1ccccc1)C(=O)OCc1ccccc1. The number of nitrogens with two attached hydrogens (primary N) is 1. The topological polar surface area (TPSA) is 90.6 Å². The van der Waals surface area contributed by atoms with Crippen LogP contribution in [0.25, 0.3) is 0 Å². The van der Waals surface area contributed by atoms with Crippen LogP contribution >= 0.6 is 12.4 Å². The molecule has 2 atom stereocenters. The van der Waals surface area contributed by atoms with E-state index < -0.39 is 37.2 Å². The first kappa shape index (κ1) is 24.5. The van der Waals surface area contributed by atoms with Gasteiger partial charge in [0.2, 0.25) is 5.91 Å². The van der Waals surface area contributed by atoms with Gasteiger partial charge in [0.15, 0.2) is 0 Å². The Kier molecular flexibility index (Phi) is 10.8. The van der Waals surface area contributed by atoms with Crippen LogP contribution in [0.4, 0.5) is 8.78 Å². The summed E-state index contributed by atoms with van der Waals surface area (Å²) in [5, 5.41) is 2.46. The predicted molar refractivity (Wildman–Crippen MR) is 105 cm³/mol. The number of alkyl halides is 2. The van der Waals surface area contributed by atoms with Crippen LogP contribution < -0.4 is 11.1 Å². The second-order valence-corrected chi connectivity index (χ2v) is 6.04. The lowest BCUT2D eigenvalue weighted by atomic mass is 10.1. The van der Waals surface area contributed by atoms with Crippen LogP contribution in [-0.2, 0) is 32.1 Å². The maximum atomic E-state index is 12.5. The first-order valence-electron chi connectivity index (χ1n) is 8.66. The van der Waals surface area contributed by atoms with Crippen molar-refractivity contribution < 1.29 is 27.8 Å². The fraction of sp³-hybridized carbons (Fsp3) is 0.300. The first-order valence-corrected chi connectivity index (χ1v) is 8.66. The van der Waals surface area contributed by atoms with Crippen molar-refractivity contribution in [3.05, 3.63) is 71.8 Å². The Morgan fingerprint density at radius 2 is 1.52 bits per heavy atom. The van der Waals surface area contributed by atoms with E-state index >= 15 is 0 Å². The molecule has 0 spiro atoms. The van der Waals surface area contributed by atoms with E-state index in [1.165, 1.54) is 0 Å². The van der Waals surface area contributed by atoms with E-state index in [0.717, 1.165) is 11.1 Å². The molecule has 0 aliphatic rings. The zero-order valence-electron chi connectivity index (χ0n) is 15.5. The van der Waals surface area contributed by atoms with Crippen molar-refractivity contribution in [1.82, 2.24) is 5.32 Å². The molecule has 9 heteroatoms. The van der Waals surface area contributed by atoms with Crippen molar-refractivity contribution in [2.45, 2.75) is 31.7 Å². The van der Waals surface area contributed by atoms with E-state index in [9.17, 15) is 18.4 Å². The van der Waals surface area contributed by atoms with Crippen molar-refractivity contribution in [2.24, 2.45) is 5.73 Å². The number of carbonyl (C=O) groups is 2. The summed E-state index contributed by atoms with van der Waals surface area (Å²) in [5.41, 5.74) is 7.14. The third kappa shape index (κ3) is 8.99. The van der Waals surface area contributed by atoms with Gasteiger partial charge in [-0.15, -0.1) is 12.4 Å². The second kappa shape index (κ2) is 12.8. The van der Waals surface area contributed by atoms with E-state index in [2.05, 4.69) is 10.1 Å². The summed E-state index contributed by atoms with van der Waals surface area (Å²) in [6.07, 6.45) is 0.169. The van der Waals surface area contributed by atoms with Gasteiger partial charge in [-0.05, 0) is 11.1 Å². The Morgan fingerprint density at radius 1 is 0.966 bits per heavy atom. The molecule has 0 fully saturated rings. The fourth-order valence-corrected chi connectivity index (χ4v) is 2.40. The highest BCUT2D eigenvalue weighted by molar-refractivity contribution is 5.87. The average molecular weight is 429 g/mol. The van der Waals surface area contributed by atoms with Gasteiger partial charge in [0.1, 0.15) is 18.7 Å². The number of nitrogens with one attached hydrogen (secondary N) is 1. The molecule has 0 aliphatic carbocycles. The van der Waals surface area contributed by atoms with Crippen LogP contribution in [0.3, 0.4) is 0 Å². The van der Waals surface area contributed by atoms with Crippen LogP contribution in [0.1, 0.15) is 11.1 Å². The summed E-state index contributed by atoms with van der Waals surface area (Å²) >= 11 is 0. The minimum atomic E-state index is -3.03. The summed E-state index contributed by atoms with van der Waals surface area (Å²) in [4.78, 5) is 24.7. The molecule has 6 nitrogen and oxygen atoms in total. The maximum absolute atomic E-state index is 12.5. The van der Waals surface area contributed by atoms with Gasteiger partial charge >= 0.3 is 12.6 Å². The first-order chi connectivity index (χ1) is 13.5. The lowest BCUT2D eigenvalue weighted by molar-refractivity contribution is -0.151. The Balaban J connectivity index is 0.00000420. The molecule has 2 aromatic carbocycles. The van der Waals surface area contributed by atoms with Crippen LogP contribution in [0.2, 0.25) is 0 Å². The minimum absolute atomic E-state index is 0. The molecule has 0 aromatic heterocycles. The number of benzene rings is 2. The minimum Gasteiger partial charge on any atom is -0.459 e. The van der Waals surface area contributed by atoms with Crippen molar-refractivity contribution >= 4 is 24.3 Å². The molecule has 0 unspecified atom stereocenters. The molecule has 2 rings (SSSR count). The zero-order chi connectivity index (χ0) is 20.4. The third-order valence-electron chi connectivity index (χ3n) is 3.85. The van der Waals surface area contributed by atoms with Crippen LogP contribution in [0.5, 0.6) is 0 Å².